The summed E-state index contributed by atoms with van der Waals surface area (Å²) in [6.07, 6.45) is 16.8. The lowest BCUT2D eigenvalue weighted by molar-refractivity contribution is 0.179. The highest BCUT2D eigenvalue weighted by Gasteiger charge is 2.46. The van der Waals surface area contributed by atoms with Crippen LogP contribution in [0.15, 0.2) is 29.2 Å². The normalized spacial score (nSPS) is 27.2. The maximum absolute atomic E-state index is 2.85. The summed E-state index contributed by atoms with van der Waals surface area (Å²) >= 11 is 4.12. The van der Waals surface area contributed by atoms with Gasteiger partial charge in [0.15, 0.2) is 0 Å². The molecule has 2 aliphatic carbocycles. The van der Waals surface area contributed by atoms with Gasteiger partial charge in [0.1, 0.15) is 0 Å². The largest absolute Gasteiger partial charge is 0.378 e. The van der Waals surface area contributed by atoms with E-state index in [9.17, 15) is 0 Å². The molecule has 4 aliphatic rings. The van der Waals surface area contributed by atoms with Gasteiger partial charge >= 0.3 is 0 Å². The Bertz CT molecular complexity index is 855. The van der Waals surface area contributed by atoms with Crippen molar-refractivity contribution in [3.8, 4) is 0 Å². The number of anilines is 1. The Balaban J connectivity index is 1.27. The minimum absolute atomic E-state index is 0.476. The van der Waals surface area contributed by atoms with E-state index < -0.39 is 0 Å². The lowest BCUT2D eigenvalue weighted by atomic mass is 9.89. The molecule has 0 amide bonds. The minimum atomic E-state index is 0.476. The Kier molecular flexibility index (Phi) is 11.3. The van der Waals surface area contributed by atoms with Crippen molar-refractivity contribution in [2.24, 2.45) is 11.3 Å². The molecule has 0 aromatic heterocycles. The van der Waals surface area contributed by atoms with Crippen LogP contribution in [0.1, 0.15) is 84.0 Å². The van der Waals surface area contributed by atoms with E-state index in [4.69, 9.17) is 0 Å². The molecule has 4 fully saturated rings. The number of piperidine rings is 1. The minimum Gasteiger partial charge on any atom is -0.378 e. The number of nitrogens with zero attached hydrogens (tertiary/aromatic N) is 5. The van der Waals surface area contributed by atoms with Gasteiger partial charge in [-0.25, -0.2) is 12.9 Å². The maximum Gasteiger partial charge on any atom is 0.0361 e. The number of benzene rings is 1. The first-order valence-corrected chi connectivity index (χ1v) is 17.6. The second kappa shape index (κ2) is 14.6. The summed E-state index contributed by atoms with van der Waals surface area (Å²) in [5, 5.41) is 0. The molecular formula is C32H55N5S2. The van der Waals surface area contributed by atoms with Gasteiger partial charge in [-0.05, 0) is 119 Å². The van der Waals surface area contributed by atoms with Crippen molar-refractivity contribution in [1.82, 2.24) is 17.8 Å². The SMILES string of the molecule is CC1CCCCN1SN1CCCN(CC2CCCCC2)CCCN(Sc2ccc(N(C)C)cc2)CC2(CC2)C1. The summed E-state index contributed by atoms with van der Waals surface area (Å²) in [5.41, 5.74) is 1.76. The van der Waals surface area contributed by atoms with Gasteiger partial charge in [-0.1, -0.05) is 25.7 Å². The van der Waals surface area contributed by atoms with Crippen LogP contribution >= 0.6 is 24.1 Å². The molecule has 1 aromatic rings. The molecule has 5 nitrogen and oxygen atoms in total. The zero-order valence-corrected chi connectivity index (χ0v) is 26.8. The smallest absolute Gasteiger partial charge is 0.0361 e. The number of hydrogen-bond acceptors (Lipinski definition) is 7. The fraction of sp³-hybridized carbons (Fsp3) is 0.812. The predicted octanol–water partition coefficient (Wildman–Crippen LogP) is 7.26. The third-order valence-corrected chi connectivity index (χ3v) is 11.9. The van der Waals surface area contributed by atoms with Gasteiger partial charge in [0.05, 0.1) is 0 Å². The van der Waals surface area contributed by atoms with Gasteiger partial charge in [0, 0.05) is 82.1 Å². The van der Waals surface area contributed by atoms with E-state index in [1.165, 1.54) is 140 Å². The average molecular weight is 574 g/mol. The van der Waals surface area contributed by atoms with Crippen LogP contribution in [0.4, 0.5) is 5.69 Å². The molecule has 0 N–H and O–H groups in total. The topological polar surface area (TPSA) is 16.2 Å². The second-order valence-electron chi connectivity index (χ2n) is 13.3. The molecule has 39 heavy (non-hydrogen) atoms. The molecule has 2 saturated heterocycles. The highest BCUT2D eigenvalue weighted by atomic mass is 32.2. The van der Waals surface area contributed by atoms with Crippen LogP contribution in [-0.4, -0.2) is 90.3 Å². The quantitative estimate of drug-likeness (QED) is 0.315. The van der Waals surface area contributed by atoms with Crippen molar-refractivity contribution in [3.05, 3.63) is 24.3 Å². The van der Waals surface area contributed by atoms with Crippen LogP contribution in [0.2, 0.25) is 0 Å². The van der Waals surface area contributed by atoms with Crippen LogP contribution in [0, 0.1) is 11.3 Å². The Morgan fingerprint density at radius 1 is 0.769 bits per heavy atom. The van der Waals surface area contributed by atoms with Crippen molar-refractivity contribution in [2.45, 2.75) is 94.9 Å². The van der Waals surface area contributed by atoms with Crippen molar-refractivity contribution >= 4 is 29.8 Å². The molecule has 7 heteroatoms. The zero-order valence-electron chi connectivity index (χ0n) is 25.2. The summed E-state index contributed by atoms with van der Waals surface area (Å²) in [6.45, 7) is 12.5. The third kappa shape index (κ3) is 9.27. The second-order valence-corrected chi connectivity index (χ2v) is 15.6. The van der Waals surface area contributed by atoms with Gasteiger partial charge in [-0.3, -0.25) is 0 Å². The van der Waals surface area contributed by atoms with Crippen molar-refractivity contribution in [2.75, 3.05) is 71.4 Å². The molecule has 1 aromatic carbocycles. The van der Waals surface area contributed by atoms with E-state index in [1.807, 2.05) is 11.9 Å². The van der Waals surface area contributed by atoms with E-state index in [2.05, 4.69) is 80.1 Å². The molecule has 2 aliphatic heterocycles. The highest BCUT2D eigenvalue weighted by Crippen LogP contribution is 2.49. The van der Waals surface area contributed by atoms with Crippen LogP contribution in [0.3, 0.4) is 0 Å². The zero-order chi connectivity index (χ0) is 27.1. The van der Waals surface area contributed by atoms with Gasteiger partial charge in [0.2, 0.25) is 0 Å². The Hall–Kier alpha value is -0.440. The maximum atomic E-state index is 2.85. The summed E-state index contributed by atoms with van der Waals surface area (Å²) in [4.78, 5) is 6.43. The molecule has 1 atom stereocenters. The van der Waals surface area contributed by atoms with Crippen LogP contribution < -0.4 is 4.90 Å². The molecule has 1 spiro atoms. The fourth-order valence-corrected chi connectivity index (χ4v) is 9.29. The molecule has 2 saturated carbocycles. The highest BCUT2D eigenvalue weighted by molar-refractivity contribution is 7.97. The monoisotopic (exact) mass is 573 g/mol. The van der Waals surface area contributed by atoms with Crippen molar-refractivity contribution < 1.29 is 0 Å². The summed E-state index contributed by atoms with van der Waals surface area (Å²) in [6, 6.07) is 9.90. The van der Waals surface area contributed by atoms with E-state index in [0.717, 1.165) is 5.92 Å². The fourth-order valence-electron chi connectivity index (χ4n) is 6.86. The van der Waals surface area contributed by atoms with Crippen LogP contribution in [0.5, 0.6) is 0 Å². The summed E-state index contributed by atoms with van der Waals surface area (Å²) in [5.74, 6) is 0.932. The molecule has 0 bridgehead atoms. The third-order valence-electron chi connectivity index (χ3n) is 9.54. The van der Waals surface area contributed by atoms with Crippen LogP contribution in [-0.2, 0) is 0 Å². The molecule has 2 heterocycles. The first-order valence-electron chi connectivity index (χ1n) is 16.1. The standard InChI is InChI=1S/C32H55N5S2/c1-28-11-7-8-24-37(28)39-36-23-10-21-34(25-29-12-5-4-6-13-29)20-9-22-35(26-32(27-36)18-19-32)38-31-16-14-30(15-17-31)33(2)3/h14-17,28-29H,4-13,18-27H2,1-3H3. The van der Waals surface area contributed by atoms with E-state index in [-0.39, 0.29) is 0 Å². The van der Waals surface area contributed by atoms with E-state index in [0.29, 0.717) is 11.5 Å². The van der Waals surface area contributed by atoms with E-state index in [1.54, 1.807) is 0 Å². The first kappa shape index (κ1) is 30.0. The Labute approximate surface area is 248 Å². The molecule has 0 radical (unpaired) electrons. The van der Waals surface area contributed by atoms with Crippen LogP contribution in [0.25, 0.3) is 0 Å². The summed E-state index contributed by atoms with van der Waals surface area (Å²) in [7, 11) is 4.26. The van der Waals surface area contributed by atoms with E-state index >= 15 is 0 Å². The van der Waals surface area contributed by atoms with Crippen molar-refractivity contribution in [3.63, 3.8) is 0 Å². The summed E-state index contributed by atoms with van der Waals surface area (Å²) < 4.78 is 8.25. The van der Waals surface area contributed by atoms with Gasteiger partial charge in [-0.15, -0.1) is 0 Å². The molecule has 220 valence electrons. The Morgan fingerprint density at radius 2 is 1.44 bits per heavy atom. The number of hydrogen-bond donors (Lipinski definition) is 0. The first-order chi connectivity index (χ1) is 19.0. The van der Waals surface area contributed by atoms with Crippen molar-refractivity contribution in [1.29, 1.82) is 0 Å². The lowest BCUT2D eigenvalue weighted by Crippen LogP contribution is -2.41. The van der Waals surface area contributed by atoms with Gasteiger partial charge in [0.25, 0.3) is 0 Å². The molecule has 5 rings (SSSR count). The lowest BCUT2D eigenvalue weighted by Gasteiger charge is -2.38. The van der Waals surface area contributed by atoms with Gasteiger partial charge in [-0.2, -0.15) is 0 Å². The van der Waals surface area contributed by atoms with Gasteiger partial charge < -0.3 is 9.80 Å². The average Bonchev–Trinajstić information content (AvgIpc) is 3.68. The molecular weight excluding hydrogens is 519 g/mol. The predicted molar refractivity (Wildman–Crippen MR) is 171 cm³/mol. The molecule has 1 unspecified atom stereocenters. The Morgan fingerprint density at radius 3 is 2.10 bits per heavy atom. The number of rotatable bonds is 7.